The molecular formula is C11H12O3. The number of para-hydroxylation sites is 1. The van der Waals surface area contributed by atoms with Crippen LogP contribution in [0.5, 0.6) is 5.75 Å². The number of aromatic hydroxyl groups is 1. The minimum Gasteiger partial charge on any atom is -0.507 e. The molecule has 0 heterocycles. The summed E-state index contributed by atoms with van der Waals surface area (Å²) in [5.74, 6) is -0.851. The summed E-state index contributed by atoms with van der Waals surface area (Å²) in [6.07, 6.45) is 1.92. The molecule has 3 nitrogen and oxygen atoms in total. The Hall–Kier alpha value is -1.77. The topological polar surface area (TPSA) is 57.5 Å². The molecular weight excluding hydrogens is 180 g/mol. The predicted octanol–water partition coefficient (Wildman–Crippen LogP) is 2.27. The van der Waals surface area contributed by atoms with E-state index in [9.17, 15) is 9.90 Å². The van der Waals surface area contributed by atoms with Crippen molar-refractivity contribution in [2.75, 3.05) is 0 Å². The van der Waals surface area contributed by atoms with E-state index in [1.54, 1.807) is 25.1 Å². The number of carboxylic acid groups (broad SMARTS) is 1. The summed E-state index contributed by atoms with van der Waals surface area (Å²) in [5.41, 5.74) is 0.818. The van der Waals surface area contributed by atoms with E-state index in [-0.39, 0.29) is 11.3 Å². The van der Waals surface area contributed by atoms with Gasteiger partial charge in [-0.3, -0.25) is 0 Å². The summed E-state index contributed by atoms with van der Waals surface area (Å²) in [5, 5.41) is 18.2. The Bertz CT molecular complexity index is 367. The van der Waals surface area contributed by atoms with E-state index in [0.717, 1.165) is 0 Å². The van der Waals surface area contributed by atoms with Crippen molar-refractivity contribution in [2.45, 2.75) is 13.3 Å². The minimum atomic E-state index is -0.948. The number of carbonyl (C=O) groups is 1. The fourth-order valence-corrected chi connectivity index (χ4v) is 1.11. The van der Waals surface area contributed by atoms with Crippen molar-refractivity contribution in [1.29, 1.82) is 0 Å². The Morgan fingerprint density at radius 2 is 2.07 bits per heavy atom. The van der Waals surface area contributed by atoms with Crippen molar-refractivity contribution >= 4 is 12.0 Å². The molecule has 0 amide bonds. The number of hydrogen-bond donors (Lipinski definition) is 2. The predicted molar refractivity (Wildman–Crippen MR) is 54.0 cm³/mol. The first-order valence-electron chi connectivity index (χ1n) is 4.37. The maximum absolute atomic E-state index is 10.7. The summed E-state index contributed by atoms with van der Waals surface area (Å²) >= 11 is 0. The van der Waals surface area contributed by atoms with Gasteiger partial charge in [-0.2, -0.15) is 0 Å². The molecule has 0 radical (unpaired) electrons. The van der Waals surface area contributed by atoms with Crippen LogP contribution >= 0.6 is 0 Å². The molecule has 0 aromatic heterocycles. The second-order valence-corrected chi connectivity index (χ2v) is 2.89. The highest BCUT2D eigenvalue weighted by molar-refractivity contribution is 5.92. The SMILES string of the molecule is CCC(=Cc1ccccc1O)C(=O)O. The van der Waals surface area contributed by atoms with Crippen LogP contribution in [0.4, 0.5) is 0 Å². The summed E-state index contributed by atoms with van der Waals surface area (Å²) in [6, 6.07) is 6.65. The highest BCUT2D eigenvalue weighted by Crippen LogP contribution is 2.19. The van der Waals surface area contributed by atoms with Crippen LogP contribution in [0, 0.1) is 0 Å². The number of carboxylic acids is 1. The summed E-state index contributed by atoms with van der Waals surface area (Å²) < 4.78 is 0. The molecule has 0 aliphatic rings. The van der Waals surface area contributed by atoms with Gasteiger partial charge in [0.05, 0.1) is 0 Å². The van der Waals surface area contributed by atoms with Crippen molar-refractivity contribution in [2.24, 2.45) is 0 Å². The smallest absolute Gasteiger partial charge is 0.331 e. The third-order valence-electron chi connectivity index (χ3n) is 1.92. The van der Waals surface area contributed by atoms with Crippen LogP contribution in [0.2, 0.25) is 0 Å². The third kappa shape index (κ3) is 2.36. The van der Waals surface area contributed by atoms with E-state index in [2.05, 4.69) is 0 Å². The Morgan fingerprint density at radius 1 is 1.43 bits per heavy atom. The lowest BCUT2D eigenvalue weighted by molar-refractivity contribution is -0.132. The molecule has 0 aliphatic heterocycles. The zero-order valence-electron chi connectivity index (χ0n) is 7.90. The fourth-order valence-electron chi connectivity index (χ4n) is 1.11. The van der Waals surface area contributed by atoms with Crippen LogP contribution in [0.15, 0.2) is 29.8 Å². The van der Waals surface area contributed by atoms with Crippen molar-refractivity contribution < 1.29 is 15.0 Å². The molecule has 0 spiro atoms. The molecule has 0 aliphatic carbocycles. The standard InChI is InChI=1S/C11H12O3/c1-2-8(11(13)14)7-9-5-3-4-6-10(9)12/h3-7,12H,2H2,1H3,(H,13,14). The molecule has 0 fully saturated rings. The molecule has 0 unspecified atom stereocenters. The fraction of sp³-hybridized carbons (Fsp3) is 0.182. The molecule has 3 heteroatoms. The Balaban J connectivity index is 3.07. The van der Waals surface area contributed by atoms with Crippen LogP contribution in [0.25, 0.3) is 6.08 Å². The van der Waals surface area contributed by atoms with Crippen LogP contribution < -0.4 is 0 Å². The molecule has 0 atom stereocenters. The van der Waals surface area contributed by atoms with E-state index < -0.39 is 5.97 Å². The third-order valence-corrected chi connectivity index (χ3v) is 1.92. The van der Waals surface area contributed by atoms with Crippen molar-refractivity contribution in [3.63, 3.8) is 0 Å². The van der Waals surface area contributed by atoms with Crippen LogP contribution in [0.1, 0.15) is 18.9 Å². The molecule has 0 saturated heterocycles. The normalized spacial score (nSPS) is 11.4. The van der Waals surface area contributed by atoms with E-state index in [0.29, 0.717) is 12.0 Å². The van der Waals surface area contributed by atoms with Gasteiger partial charge >= 0.3 is 5.97 Å². The molecule has 14 heavy (non-hydrogen) atoms. The van der Waals surface area contributed by atoms with Gasteiger partial charge in [0.15, 0.2) is 0 Å². The molecule has 2 N–H and O–H groups in total. The van der Waals surface area contributed by atoms with Gasteiger partial charge in [0.1, 0.15) is 5.75 Å². The lowest BCUT2D eigenvalue weighted by Gasteiger charge is -2.00. The zero-order chi connectivity index (χ0) is 10.6. The quantitative estimate of drug-likeness (QED) is 0.722. The van der Waals surface area contributed by atoms with E-state index >= 15 is 0 Å². The number of phenols is 1. The van der Waals surface area contributed by atoms with Gasteiger partial charge < -0.3 is 10.2 Å². The van der Waals surface area contributed by atoms with Gasteiger partial charge in [0.2, 0.25) is 0 Å². The molecule has 0 bridgehead atoms. The maximum atomic E-state index is 10.7. The maximum Gasteiger partial charge on any atom is 0.331 e. The van der Waals surface area contributed by atoms with Gasteiger partial charge in [-0.05, 0) is 18.6 Å². The van der Waals surface area contributed by atoms with Gasteiger partial charge in [-0.15, -0.1) is 0 Å². The summed E-state index contributed by atoms with van der Waals surface area (Å²) in [4.78, 5) is 10.7. The highest BCUT2D eigenvalue weighted by atomic mass is 16.4. The Morgan fingerprint density at radius 3 is 2.57 bits per heavy atom. The number of phenolic OH excluding ortho intramolecular Hbond substituents is 1. The number of aliphatic carboxylic acids is 1. The van der Waals surface area contributed by atoms with Gasteiger partial charge in [0.25, 0.3) is 0 Å². The van der Waals surface area contributed by atoms with Gasteiger partial charge in [0, 0.05) is 11.1 Å². The minimum absolute atomic E-state index is 0.0969. The van der Waals surface area contributed by atoms with Crippen LogP contribution in [-0.4, -0.2) is 16.2 Å². The van der Waals surface area contributed by atoms with Gasteiger partial charge in [-0.25, -0.2) is 4.79 Å². The monoisotopic (exact) mass is 192 g/mol. The van der Waals surface area contributed by atoms with Crippen molar-refractivity contribution in [3.8, 4) is 5.75 Å². The second-order valence-electron chi connectivity index (χ2n) is 2.89. The first-order chi connectivity index (χ1) is 6.65. The van der Waals surface area contributed by atoms with E-state index in [1.807, 2.05) is 0 Å². The lowest BCUT2D eigenvalue weighted by atomic mass is 10.1. The molecule has 1 rings (SSSR count). The summed E-state index contributed by atoms with van der Waals surface area (Å²) in [6.45, 7) is 1.76. The number of benzene rings is 1. The molecule has 0 saturated carbocycles. The number of rotatable bonds is 3. The first kappa shape index (κ1) is 10.3. The van der Waals surface area contributed by atoms with Crippen molar-refractivity contribution in [1.82, 2.24) is 0 Å². The Kier molecular flexibility index (Phi) is 3.29. The molecule has 74 valence electrons. The Labute approximate surface area is 82.3 Å². The highest BCUT2D eigenvalue weighted by Gasteiger charge is 2.05. The first-order valence-corrected chi connectivity index (χ1v) is 4.37. The molecule has 1 aromatic carbocycles. The average Bonchev–Trinajstić information content (AvgIpc) is 2.16. The van der Waals surface area contributed by atoms with E-state index in [1.165, 1.54) is 12.1 Å². The van der Waals surface area contributed by atoms with Crippen molar-refractivity contribution in [3.05, 3.63) is 35.4 Å². The number of hydrogen-bond acceptors (Lipinski definition) is 2. The molecule has 1 aromatic rings. The largest absolute Gasteiger partial charge is 0.507 e. The van der Waals surface area contributed by atoms with Crippen LogP contribution in [0.3, 0.4) is 0 Å². The van der Waals surface area contributed by atoms with Gasteiger partial charge in [-0.1, -0.05) is 25.1 Å². The van der Waals surface area contributed by atoms with Crippen LogP contribution in [-0.2, 0) is 4.79 Å². The zero-order valence-corrected chi connectivity index (χ0v) is 7.90. The lowest BCUT2D eigenvalue weighted by Crippen LogP contribution is -1.98. The van der Waals surface area contributed by atoms with E-state index in [4.69, 9.17) is 5.11 Å². The average molecular weight is 192 g/mol. The second kappa shape index (κ2) is 4.46. The summed E-state index contributed by atoms with van der Waals surface area (Å²) in [7, 11) is 0.